The fourth-order valence-electron chi connectivity index (χ4n) is 2.25. The molecule has 0 spiro atoms. The zero-order valence-electron chi connectivity index (χ0n) is 17.9. The number of urea groups is 1. The third-order valence-corrected chi connectivity index (χ3v) is 3.32. The van der Waals surface area contributed by atoms with Crippen LogP contribution in [0.4, 0.5) is 16.4 Å². The number of amides is 2. The van der Waals surface area contributed by atoms with E-state index in [0.717, 1.165) is 0 Å². The Morgan fingerprint density at radius 3 is 1.43 bits per heavy atom. The van der Waals surface area contributed by atoms with Gasteiger partial charge in [0.25, 0.3) is 0 Å². The summed E-state index contributed by atoms with van der Waals surface area (Å²) < 4.78 is 10.7. The number of anilines is 2. The van der Waals surface area contributed by atoms with Crippen molar-refractivity contribution in [2.75, 3.05) is 10.6 Å². The topological polar surface area (TPSA) is 120 Å². The van der Waals surface area contributed by atoms with Crippen LogP contribution in [-0.2, 0) is 9.47 Å². The molecule has 0 saturated carbocycles. The Hall–Kier alpha value is -3.49. The standard InChI is InChI=1S/C21H26N4O5/c1-20(2,3)29-17(26)13-9-7-11-22-15(13)24-19(28)25-16-14(10-8-12-23-16)18(27)30-21(4,5)6/h7-12H,1-6H3,(H2,22,23,24,25,28). The van der Waals surface area contributed by atoms with Gasteiger partial charge in [-0.25, -0.2) is 24.4 Å². The summed E-state index contributed by atoms with van der Waals surface area (Å²) in [5.41, 5.74) is -1.22. The lowest BCUT2D eigenvalue weighted by Crippen LogP contribution is -2.28. The summed E-state index contributed by atoms with van der Waals surface area (Å²) in [7, 11) is 0. The highest BCUT2D eigenvalue weighted by Gasteiger charge is 2.24. The van der Waals surface area contributed by atoms with Gasteiger partial charge in [-0.3, -0.25) is 10.6 Å². The van der Waals surface area contributed by atoms with Crippen molar-refractivity contribution < 1.29 is 23.9 Å². The SMILES string of the molecule is CC(C)(C)OC(=O)c1cccnc1NC(=O)Nc1ncccc1C(=O)OC(C)(C)C. The van der Waals surface area contributed by atoms with Crippen molar-refractivity contribution in [2.24, 2.45) is 0 Å². The van der Waals surface area contributed by atoms with Gasteiger partial charge in [0.05, 0.1) is 0 Å². The molecule has 2 amide bonds. The number of nitrogens with one attached hydrogen (secondary N) is 2. The van der Waals surface area contributed by atoms with Crippen LogP contribution in [0.3, 0.4) is 0 Å². The quantitative estimate of drug-likeness (QED) is 0.725. The van der Waals surface area contributed by atoms with Crippen LogP contribution in [0.2, 0.25) is 0 Å². The highest BCUT2D eigenvalue weighted by Crippen LogP contribution is 2.20. The van der Waals surface area contributed by atoms with E-state index < -0.39 is 29.2 Å². The third-order valence-electron chi connectivity index (χ3n) is 3.32. The zero-order chi connectivity index (χ0) is 22.5. The lowest BCUT2D eigenvalue weighted by atomic mass is 10.2. The Morgan fingerprint density at radius 1 is 0.733 bits per heavy atom. The molecule has 0 unspecified atom stereocenters. The lowest BCUT2D eigenvalue weighted by molar-refractivity contribution is 0.00578. The van der Waals surface area contributed by atoms with Gasteiger partial charge < -0.3 is 9.47 Å². The van der Waals surface area contributed by atoms with Crippen molar-refractivity contribution in [1.82, 2.24) is 9.97 Å². The monoisotopic (exact) mass is 414 g/mol. The van der Waals surface area contributed by atoms with Crippen LogP contribution in [0.1, 0.15) is 62.3 Å². The fraction of sp³-hybridized carbons (Fsp3) is 0.381. The molecule has 0 atom stereocenters. The first-order valence-corrected chi connectivity index (χ1v) is 9.30. The van der Waals surface area contributed by atoms with Gasteiger partial charge >= 0.3 is 18.0 Å². The first-order chi connectivity index (χ1) is 13.9. The van der Waals surface area contributed by atoms with Crippen molar-refractivity contribution in [3.8, 4) is 0 Å². The average Bonchev–Trinajstić information content (AvgIpc) is 2.59. The number of rotatable bonds is 4. The number of carbonyl (C=O) groups excluding carboxylic acids is 3. The molecule has 2 rings (SSSR count). The van der Waals surface area contributed by atoms with Crippen LogP contribution in [0.25, 0.3) is 0 Å². The normalized spacial score (nSPS) is 11.4. The van der Waals surface area contributed by atoms with Crippen LogP contribution in [0.15, 0.2) is 36.7 Å². The second-order valence-electron chi connectivity index (χ2n) is 8.38. The lowest BCUT2D eigenvalue weighted by Gasteiger charge is -2.20. The number of hydrogen-bond donors (Lipinski definition) is 2. The van der Waals surface area contributed by atoms with Crippen molar-refractivity contribution in [3.63, 3.8) is 0 Å². The van der Waals surface area contributed by atoms with E-state index in [2.05, 4.69) is 20.6 Å². The van der Waals surface area contributed by atoms with E-state index in [-0.39, 0.29) is 22.8 Å². The molecular weight excluding hydrogens is 388 g/mol. The first kappa shape index (κ1) is 22.8. The molecule has 2 N–H and O–H groups in total. The Kier molecular flexibility index (Phi) is 6.76. The minimum atomic E-state index is -0.734. The second kappa shape index (κ2) is 8.89. The van der Waals surface area contributed by atoms with E-state index >= 15 is 0 Å². The van der Waals surface area contributed by atoms with Crippen LogP contribution in [0, 0.1) is 0 Å². The van der Waals surface area contributed by atoms with Crippen LogP contribution < -0.4 is 10.6 Å². The van der Waals surface area contributed by atoms with Crippen molar-refractivity contribution in [2.45, 2.75) is 52.7 Å². The highest BCUT2D eigenvalue weighted by atomic mass is 16.6. The van der Waals surface area contributed by atoms with Gasteiger partial charge in [0.15, 0.2) is 0 Å². The molecular formula is C21H26N4O5. The number of hydrogen-bond acceptors (Lipinski definition) is 7. The van der Waals surface area contributed by atoms with Gasteiger partial charge in [-0.15, -0.1) is 0 Å². The van der Waals surface area contributed by atoms with Crippen molar-refractivity contribution in [1.29, 1.82) is 0 Å². The maximum Gasteiger partial charge on any atom is 0.342 e. The average molecular weight is 414 g/mol. The molecule has 0 aliphatic heterocycles. The van der Waals surface area contributed by atoms with Crippen LogP contribution in [-0.4, -0.2) is 39.1 Å². The number of carbonyl (C=O) groups is 3. The predicted octanol–water partition coefficient (Wildman–Crippen LogP) is 4.03. The Balaban J connectivity index is 2.18. The summed E-state index contributed by atoms with van der Waals surface area (Å²) in [4.78, 5) is 45.3. The van der Waals surface area contributed by atoms with Crippen LogP contribution in [0.5, 0.6) is 0 Å². The third kappa shape index (κ3) is 6.84. The minimum absolute atomic E-state index is 0.0130. The molecule has 0 fully saturated rings. The maximum absolute atomic E-state index is 12.5. The molecule has 2 aromatic rings. The molecule has 2 heterocycles. The maximum atomic E-state index is 12.5. The van der Waals surface area contributed by atoms with Crippen LogP contribution >= 0.6 is 0 Å². The van der Waals surface area contributed by atoms with Gasteiger partial charge in [-0.05, 0) is 65.8 Å². The molecule has 0 bridgehead atoms. The first-order valence-electron chi connectivity index (χ1n) is 9.30. The Labute approximate surface area is 175 Å². The van der Waals surface area contributed by atoms with E-state index in [1.807, 2.05) is 0 Å². The van der Waals surface area contributed by atoms with E-state index in [1.54, 1.807) is 53.7 Å². The molecule has 0 radical (unpaired) electrons. The Bertz CT molecular complexity index is 869. The summed E-state index contributed by atoms with van der Waals surface area (Å²) in [5.74, 6) is -1.23. The number of ether oxygens (including phenoxy) is 2. The minimum Gasteiger partial charge on any atom is -0.456 e. The molecule has 160 valence electrons. The van der Waals surface area contributed by atoms with E-state index in [1.165, 1.54) is 24.5 Å². The molecule has 9 heteroatoms. The number of nitrogens with zero attached hydrogens (tertiary/aromatic N) is 2. The van der Waals surface area contributed by atoms with E-state index in [4.69, 9.17) is 9.47 Å². The van der Waals surface area contributed by atoms with E-state index in [9.17, 15) is 14.4 Å². The fourth-order valence-corrected chi connectivity index (χ4v) is 2.25. The van der Waals surface area contributed by atoms with Gasteiger partial charge in [-0.2, -0.15) is 0 Å². The summed E-state index contributed by atoms with van der Waals surface area (Å²) in [6.07, 6.45) is 2.85. The van der Waals surface area contributed by atoms with Crippen molar-refractivity contribution >= 4 is 29.6 Å². The number of esters is 2. The van der Waals surface area contributed by atoms with Gasteiger partial charge in [-0.1, -0.05) is 0 Å². The van der Waals surface area contributed by atoms with Gasteiger partial charge in [0, 0.05) is 12.4 Å². The second-order valence-corrected chi connectivity index (χ2v) is 8.38. The summed E-state index contributed by atoms with van der Waals surface area (Å²) in [6, 6.07) is 5.36. The highest BCUT2D eigenvalue weighted by molar-refractivity contribution is 6.06. The van der Waals surface area contributed by atoms with Gasteiger partial charge in [0.2, 0.25) is 0 Å². The molecule has 30 heavy (non-hydrogen) atoms. The summed E-state index contributed by atoms with van der Waals surface area (Å²) in [6.45, 7) is 10.4. The molecule has 0 aliphatic rings. The molecule has 9 nitrogen and oxygen atoms in total. The van der Waals surface area contributed by atoms with Crippen molar-refractivity contribution in [3.05, 3.63) is 47.8 Å². The molecule has 2 aromatic heterocycles. The van der Waals surface area contributed by atoms with Gasteiger partial charge in [0.1, 0.15) is 34.0 Å². The molecule has 0 saturated heterocycles. The Morgan fingerprint density at radius 2 is 1.10 bits per heavy atom. The number of pyridine rings is 2. The number of aromatic nitrogens is 2. The summed E-state index contributed by atoms with van der Waals surface area (Å²) in [5, 5.41) is 4.97. The smallest absolute Gasteiger partial charge is 0.342 e. The predicted molar refractivity (Wildman–Crippen MR) is 111 cm³/mol. The summed E-state index contributed by atoms with van der Waals surface area (Å²) >= 11 is 0. The van der Waals surface area contributed by atoms with E-state index in [0.29, 0.717) is 0 Å². The molecule has 0 aliphatic carbocycles. The zero-order valence-corrected chi connectivity index (χ0v) is 17.9. The molecule has 0 aromatic carbocycles. The largest absolute Gasteiger partial charge is 0.456 e.